The molecule has 2 amide bonds. The summed E-state index contributed by atoms with van der Waals surface area (Å²) in [6.07, 6.45) is 1.00. The van der Waals surface area contributed by atoms with Gasteiger partial charge in [0.05, 0.1) is 38.5 Å². The number of methoxy groups -OCH3 is 2. The first-order chi connectivity index (χ1) is 13.9. The van der Waals surface area contributed by atoms with E-state index in [2.05, 4.69) is 10.6 Å². The topological polar surface area (TPSA) is 95.1 Å². The van der Waals surface area contributed by atoms with Crippen molar-refractivity contribution in [1.29, 1.82) is 0 Å². The highest BCUT2D eigenvalue weighted by molar-refractivity contribution is 5.95. The molecule has 1 aliphatic rings. The van der Waals surface area contributed by atoms with Gasteiger partial charge in [-0.2, -0.15) is 0 Å². The summed E-state index contributed by atoms with van der Waals surface area (Å²) in [5, 5.41) is 5.51. The summed E-state index contributed by atoms with van der Waals surface area (Å²) in [7, 11) is 3.05. The number of rotatable bonds is 9. The molecule has 160 valence electrons. The zero-order chi connectivity index (χ0) is 21.6. The van der Waals surface area contributed by atoms with Gasteiger partial charge in [0.1, 0.15) is 0 Å². The lowest BCUT2D eigenvalue weighted by atomic mass is 9.93. The Labute approximate surface area is 171 Å². The fourth-order valence-corrected chi connectivity index (χ4v) is 3.08. The van der Waals surface area contributed by atoms with Crippen LogP contribution in [0.1, 0.15) is 52.1 Å². The van der Waals surface area contributed by atoms with Gasteiger partial charge in [0.15, 0.2) is 11.5 Å². The van der Waals surface area contributed by atoms with Crippen LogP contribution in [0.25, 0.3) is 0 Å². The van der Waals surface area contributed by atoms with Crippen LogP contribution in [0.3, 0.4) is 0 Å². The largest absolute Gasteiger partial charge is 0.493 e. The molecule has 0 spiro atoms. The van der Waals surface area contributed by atoms with E-state index in [0.29, 0.717) is 47.1 Å². The lowest BCUT2D eigenvalue weighted by molar-refractivity contribution is -0.143. The van der Waals surface area contributed by atoms with Crippen molar-refractivity contribution in [3.8, 4) is 17.2 Å². The molecule has 0 aliphatic carbocycles. The molecule has 2 N–H and O–H groups in total. The maximum atomic E-state index is 12.8. The summed E-state index contributed by atoms with van der Waals surface area (Å²) < 4.78 is 22.2. The molecule has 1 aromatic carbocycles. The monoisotopic (exact) mass is 406 g/mol. The predicted octanol–water partition coefficient (Wildman–Crippen LogP) is 3.46. The molecule has 2 rings (SSSR count). The number of ether oxygens (including phenoxy) is 4. The Bertz CT molecular complexity index is 762. The van der Waals surface area contributed by atoms with Gasteiger partial charge in [0.2, 0.25) is 5.75 Å². The average molecular weight is 406 g/mol. The number of amides is 2. The standard InChI is InChI=1S/C21H30N2O6/c1-7-9-28-19-15(26-5)10-13(11-16(19)27-6)18-17(20(24)29-12(3)4)14(8-2)22-21(25)23-18/h10-12,18H,7-9H2,1-6H3,(H2,22,23,25). The summed E-state index contributed by atoms with van der Waals surface area (Å²) in [5.41, 5.74) is 1.50. The van der Waals surface area contributed by atoms with Gasteiger partial charge in [-0.15, -0.1) is 0 Å². The average Bonchev–Trinajstić information content (AvgIpc) is 2.70. The summed E-state index contributed by atoms with van der Waals surface area (Å²) in [4.78, 5) is 25.1. The Morgan fingerprint density at radius 3 is 2.24 bits per heavy atom. The second kappa shape index (κ2) is 10.0. The van der Waals surface area contributed by atoms with Crippen LogP contribution in [-0.2, 0) is 9.53 Å². The second-order valence-electron chi connectivity index (χ2n) is 6.83. The third-order valence-corrected chi connectivity index (χ3v) is 4.34. The van der Waals surface area contributed by atoms with Crippen LogP contribution in [-0.4, -0.2) is 38.9 Å². The Morgan fingerprint density at radius 2 is 1.76 bits per heavy atom. The number of hydrogen-bond donors (Lipinski definition) is 2. The molecular weight excluding hydrogens is 376 g/mol. The molecule has 0 radical (unpaired) electrons. The molecule has 1 aliphatic heterocycles. The van der Waals surface area contributed by atoms with E-state index in [1.807, 2.05) is 13.8 Å². The number of benzene rings is 1. The molecule has 0 saturated heterocycles. The lowest BCUT2D eigenvalue weighted by Gasteiger charge is -2.30. The van der Waals surface area contributed by atoms with E-state index in [0.717, 1.165) is 6.42 Å². The van der Waals surface area contributed by atoms with Gasteiger partial charge in [-0.3, -0.25) is 0 Å². The first kappa shape index (κ1) is 22.4. The van der Waals surface area contributed by atoms with Crippen molar-refractivity contribution in [1.82, 2.24) is 10.6 Å². The minimum atomic E-state index is -0.715. The third-order valence-electron chi connectivity index (χ3n) is 4.34. The van der Waals surface area contributed by atoms with E-state index in [9.17, 15) is 9.59 Å². The second-order valence-corrected chi connectivity index (χ2v) is 6.83. The number of urea groups is 1. The number of nitrogens with one attached hydrogen (secondary N) is 2. The SMILES string of the molecule is CCCOc1c(OC)cc(C2NC(=O)NC(CC)=C2C(=O)OC(C)C)cc1OC. The fourth-order valence-electron chi connectivity index (χ4n) is 3.08. The van der Waals surface area contributed by atoms with Gasteiger partial charge < -0.3 is 29.6 Å². The quantitative estimate of drug-likeness (QED) is 0.610. The number of hydrogen-bond acceptors (Lipinski definition) is 6. The fraction of sp³-hybridized carbons (Fsp3) is 0.524. The molecular formula is C21H30N2O6. The van der Waals surface area contributed by atoms with E-state index in [1.54, 1.807) is 26.0 Å². The Kier molecular flexibility index (Phi) is 7.75. The van der Waals surface area contributed by atoms with Crippen molar-refractivity contribution >= 4 is 12.0 Å². The molecule has 0 aromatic heterocycles. The Hall–Kier alpha value is -2.90. The summed E-state index contributed by atoms with van der Waals surface area (Å²) in [6.45, 7) is 7.92. The normalized spacial score (nSPS) is 16.2. The first-order valence-corrected chi connectivity index (χ1v) is 9.76. The van der Waals surface area contributed by atoms with Crippen molar-refractivity contribution in [3.05, 3.63) is 29.0 Å². The van der Waals surface area contributed by atoms with Crippen molar-refractivity contribution < 1.29 is 28.5 Å². The Balaban J connectivity index is 2.59. The van der Waals surface area contributed by atoms with Crippen molar-refractivity contribution in [2.75, 3.05) is 20.8 Å². The van der Waals surface area contributed by atoms with Gasteiger partial charge >= 0.3 is 12.0 Å². The van der Waals surface area contributed by atoms with Gasteiger partial charge in [-0.25, -0.2) is 9.59 Å². The van der Waals surface area contributed by atoms with E-state index < -0.39 is 18.0 Å². The molecule has 8 heteroatoms. The minimum absolute atomic E-state index is 0.291. The molecule has 1 atom stereocenters. The zero-order valence-electron chi connectivity index (χ0n) is 17.9. The van der Waals surface area contributed by atoms with Crippen LogP contribution in [0, 0.1) is 0 Å². The van der Waals surface area contributed by atoms with E-state index in [4.69, 9.17) is 18.9 Å². The molecule has 1 unspecified atom stereocenters. The summed E-state index contributed by atoms with van der Waals surface area (Å²) in [5.74, 6) is 0.899. The maximum Gasteiger partial charge on any atom is 0.338 e. The third kappa shape index (κ3) is 5.13. The van der Waals surface area contributed by atoms with Crippen LogP contribution in [0.4, 0.5) is 4.79 Å². The molecule has 0 bridgehead atoms. The van der Waals surface area contributed by atoms with Gasteiger partial charge in [-0.05, 0) is 44.4 Å². The highest BCUT2D eigenvalue weighted by Gasteiger charge is 2.34. The Morgan fingerprint density at radius 1 is 1.14 bits per heavy atom. The summed E-state index contributed by atoms with van der Waals surface area (Å²) >= 11 is 0. The van der Waals surface area contributed by atoms with Gasteiger partial charge in [0, 0.05) is 5.70 Å². The van der Waals surface area contributed by atoms with E-state index in [1.165, 1.54) is 14.2 Å². The van der Waals surface area contributed by atoms with Crippen molar-refractivity contribution in [3.63, 3.8) is 0 Å². The van der Waals surface area contributed by atoms with E-state index >= 15 is 0 Å². The number of carbonyl (C=O) groups is 2. The van der Waals surface area contributed by atoms with Crippen LogP contribution in [0.15, 0.2) is 23.4 Å². The van der Waals surface area contributed by atoms with Gasteiger partial charge in [0.25, 0.3) is 0 Å². The number of carbonyl (C=O) groups excluding carboxylic acids is 2. The van der Waals surface area contributed by atoms with Gasteiger partial charge in [-0.1, -0.05) is 13.8 Å². The van der Waals surface area contributed by atoms with Crippen LogP contribution < -0.4 is 24.8 Å². The van der Waals surface area contributed by atoms with Crippen molar-refractivity contribution in [2.45, 2.75) is 52.7 Å². The van der Waals surface area contributed by atoms with Crippen LogP contribution in [0.5, 0.6) is 17.2 Å². The van der Waals surface area contributed by atoms with E-state index in [-0.39, 0.29) is 6.10 Å². The zero-order valence-corrected chi connectivity index (χ0v) is 17.9. The highest BCUT2D eigenvalue weighted by Crippen LogP contribution is 2.42. The molecule has 0 saturated carbocycles. The molecule has 1 heterocycles. The number of allylic oxidation sites excluding steroid dienone is 1. The first-order valence-electron chi connectivity index (χ1n) is 9.76. The van der Waals surface area contributed by atoms with Crippen LogP contribution >= 0.6 is 0 Å². The van der Waals surface area contributed by atoms with Crippen LogP contribution in [0.2, 0.25) is 0 Å². The smallest absolute Gasteiger partial charge is 0.338 e. The molecule has 0 fully saturated rings. The maximum absolute atomic E-state index is 12.8. The molecule has 29 heavy (non-hydrogen) atoms. The lowest BCUT2D eigenvalue weighted by Crippen LogP contribution is -2.46. The highest BCUT2D eigenvalue weighted by atomic mass is 16.5. The predicted molar refractivity (Wildman–Crippen MR) is 108 cm³/mol. The van der Waals surface area contributed by atoms with Crippen molar-refractivity contribution in [2.24, 2.45) is 0 Å². The number of esters is 1. The summed E-state index contributed by atoms with van der Waals surface area (Å²) in [6, 6.07) is 2.37. The molecule has 8 nitrogen and oxygen atoms in total. The minimum Gasteiger partial charge on any atom is -0.493 e. The molecule has 1 aromatic rings.